The van der Waals surface area contributed by atoms with Crippen LogP contribution in [0.5, 0.6) is 0 Å². The van der Waals surface area contributed by atoms with Gasteiger partial charge in [-0.1, -0.05) is 0 Å². The first kappa shape index (κ1) is 104. The Bertz CT molecular complexity index is 1930. The molecular weight excluding hydrogens is 1480 g/mol. The van der Waals surface area contributed by atoms with Crippen LogP contribution in [-0.2, 0) is 152 Å². The van der Waals surface area contributed by atoms with Crippen LogP contribution in [0.3, 0.4) is 0 Å². The second kappa shape index (κ2) is 84.1. The molecular formula is C67H127N7O36. The number of aliphatic carboxylic acids is 1. The molecule has 0 aliphatic heterocycles. The van der Waals surface area contributed by atoms with Gasteiger partial charge in [0.25, 0.3) is 0 Å². The first-order valence-corrected chi connectivity index (χ1v) is 36.5. The lowest BCUT2D eigenvalue weighted by Gasteiger charge is -2.19. The highest BCUT2D eigenvalue weighted by atomic mass is 16.6. The predicted molar refractivity (Wildman–Crippen MR) is 383 cm³/mol. The number of carbonyl (C=O) groups is 8. The Hall–Kier alpha value is -5.80. The summed E-state index contributed by atoms with van der Waals surface area (Å²) in [6.07, 6.45) is -5.44. The number of carbonyl (C=O) groups excluding carboxylic acids is 7. The Morgan fingerprint density at radius 2 is 0.391 bits per heavy atom. The maximum absolute atomic E-state index is 12.9. The van der Waals surface area contributed by atoms with Gasteiger partial charge in [0.15, 0.2) is 18.3 Å². The zero-order chi connectivity index (χ0) is 80.2. The van der Waals surface area contributed by atoms with E-state index in [9.17, 15) is 38.4 Å². The fourth-order valence-corrected chi connectivity index (χ4v) is 7.62. The van der Waals surface area contributed by atoms with Crippen molar-refractivity contribution in [3.8, 4) is 0 Å². The Morgan fingerprint density at radius 1 is 0.218 bits per heavy atom. The fourth-order valence-electron chi connectivity index (χ4n) is 7.62. The Labute approximate surface area is 644 Å². The van der Waals surface area contributed by atoms with Gasteiger partial charge in [-0.2, -0.15) is 0 Å². The van der Waals surface area contributed by atoms with Gasteiger partial charge in [0.05, 0.1) is 271 Å². The lowest BCUT2D eigenvalue weighted by molar-refractivity contribution is -0.137. The Morgan fingerprint density at radius 3 is 0.600 bits per heavy atom. The van der Waals surface area contributed by atoms with Gasteiger partial charge in [0.1, 0.15) is 26.4 Å². The summed E-state index contributed by atoms with van der Waals surface area (Å²) in [4.78, 5) is 97.3. The van der Waals surface area contributed by atoms with Gasteiger partial charge in [0, 0.05) is 74.3 Å². The summed E-state index contributed by atoms with van der Waals surface area (Å²) in [6, 6.07) is 0. The normalized spacial score (nSPS) is 11.3. The molecule has 0 aromatic rings. The van der Waals surface area contributed by atoms with Crippen LogP contribution in [0.25, 0.3) is 0 Å². The zero-order valence-electron chi connectivity index (χ0n) is 64.7. The number of ether oxygens (including phenoxy) is 27. The fraction of sp³-hybridized carbons (Fsp3) is 0.881. The summed E-state index contributed by atoms with van der Waals surface area (Å²) in [5.41, 5.74) is 0. The van der Waals surface area contributed by atoms with Gasteiger partial charge in [-0.25, -0.2) is 14.4 Å². The van der Waals surface area contributed by atoms with Gasteiger partial charge in [-0.15, -0.1) is 0 Å². The smallest absolute Gasteiger partial charge is 0.407 e. The van der Waals surface area contributed by atoms with Crippen LogP contribution in [0, 0.1) is 0 Å². The molecule has 0 saturated heterocycles. The largest absolute Gasteiger partial charge is 0.481 e. The number of alkyl carbamates (subject to hydrolysis) is 3. The van der Waals surface area contributed by atoms with Crippen molar-refractivity contribution in [3.63, 3.8) is 0 Å². The molecule has 7 amide bonds. The van der Waals surface area contributed by atoms with E-state index in [0.29, 0.717) is 79.3 Å². The first-order valence-electron chi connectivity index (χ1n) is 36.5. The van der Waals surface area contributed by atoms with Crippen molar-refractivity contribution in [1.82, 2.24) is 37.2 Å². The second-order valence-corrected chi connectivity index (χ2v) is 22.2. The van der Waals surface area contributed by atoms with Gasteiger partial charge in [0.2, 0.25) is 23.6 Å². The van der Waals surface area contributed by atoms with E-state index in [1.54, 1.807) is 28.4 Å². The van der Waals surface area contributed by atoms with Gasteiger partial charge in [-0.05, 0) is 0 Å². The SMILES string of the molecule is COCCOCCOCC(=O)NCCOCCOCC(COCCOCCNC(=O)COCCOCCOC)OC(=O)NCCOCCOCC(COCCOCCNC(=O)OC(COCCOCCNC(=O)COCCOCCOC)COCCOCCNC(=O)COCCOCCOC)OC(=O)NCCC(=O)O. The number of carboxylic acids is 1. The van der Waals surface area contributed by atoms with Crippen molar-refractivity contribution in [3.05, 3.63) is 0 Å². The molecule has 43 heteroatoms. The van der Waals surface area contributed by atoms with E-state index < -0.39 is 42.6 Å². The highest BCUT2D eigenvalue weighted by Gasteiger charge is 2.20. The molecule has 646 valence electrons. The Kier molecular flexibility index (Phi) is 79.7. The standard InChI is InChI=1S/C67H127N7O36/c1-84-19-23-94-33-43-104-53-60(75)68-7-13-88-27-37-98-49-58(50-99-38-28-89-14-8-69-61(76)54-105-44-34-95-24-20-85-2)109-66(82)73-11-17-92-31-41-102-47-57(108-65(81)72-6-5-64(79)80)48-103-42-32-93-18-12-74-67(83)110-59(51-100-39-29-90-15-9-70-62(77)55-106-45-35-96-25-21-86-3)52-101-40-30-91-16-10-71-63(78)56-107-46-36-97-26-22-87-4/h57-59H,5-56H2,1-4H3,(H,68,75)(H,69,76)(H,70,77)(H,71,78)(H,72,81)(H,73,82)(H,74,83)(H,79,80). The van der Waals surface area contributed by atoms with Crippen LogP contribution in [0.15, 0.2) is 0 Å². The van der Waals surface area contributed by atoms with E-state index in [1.807, 2.05) is 0 Å². The molecule has 0 aliphatic rings. The van der Waals surface area contributed by atoms with Crippen LogP contribution in [0.2, 0.25) is 0 Å². The summed E-state index contributed by atoms with van der Waals surface area (Å²) in [7, 11) is 6.29. The molecule has 0 aliphatic carbocycles. The topological polar surface area (TPSA) is 490 Å². The van der Waals surface area contributed by atoms with Crippen molar-refractivity contribution < 1.29 is 171 Å². The van der Waals surface area contributed by atoms with Gasteiger partial charge in [-0.3, -0.25) is 24.0 Å². The average molecular weight is 1610 g/mol. The molecule has 43 nitrogen and oxygen atoms in total. The molecule has 0 saturated carbocycles. The number of carboxylic acid groups (broad SMARTS) is 1. The van der Waals surface area contributed by atoms with E-state index in [-0.39, 0.29) is 287 Å². The number of methoxy groups -OCH3 is 4. The second-order valence-electron chi connectivity index (χ2n) is 22.2. The minimum absolute atomic E-state index is 0.0366. The van der Waals surface area contributed by atoms with Crippen LogP contribution < -0.4 is 37.2 Å². The number of hydrogen-bond acceptors (Lipinski definition) is 35. The summed E-state index contributed by atoms with van der Waals surface area (Å²) >= 11 is 0. The molecule has 0 aromatic heterocycles. The maximum Gasteiger partial charge on any atom is 0.407 e. The summed E-state index contributed by atoms with van der Waals surface area (Å²) in [6.45, 7) is 8.22. The van der Waals surface area contributed by atoms with Gasteiger partial charge >= 0.3 is 24.2 Å². The van der Waals surface area contributed by atoms with Crippen molar-refractivity contribution in [1.29, 1.82) is 0 Å². The molecule has 0 fully saturated rings. The van der Waals surface area contributed by atoms with E-state index >= 15 is 0 Å². The van der Waals surface area contributed by atoms with E-state index in [1.165, 1.54) is 0 Å². The summed E-state index contributed by atoms with van der Waals surface area (Å²) < 4.78 is 146. The molecule has 0 atom stereocenters. The lowest BCUT2D eigenvalue weighted by Crippen LogP contribution is -2.36. The minimum atomic E-state index is -1.12. The highest BCUT2D eigenvalue weighted by molar-refractivity contribution is 5.78. The van der Waals surface area contributed by atoms with Crippen molar-refractivity contribution in [2.75, 3.05) is 365 Å². The number of nitrogens with one attached hydrogen (secondary N) is 7. The third kappa shape index (κ3) is 80.3. The summed E-state index contributed by atoms with van der Waals surface area (Å²) in [5.74, 6) is -2.35. The monoisotopic (exact) mass is 1610 g/mol. The van der Waals surface area contributed by atoms with E-state index in [2.05, 4.69) is 37.2 Å². The Balaban J connectivity index is 5.02. The minimum Gasteiger partial charge on any atom is -0.481 e. The lowest BCUT2D eigenvalue weighted by atomic mass is 10.4. The average Bonchev–Trinajstić information content (AvgIpc) is 0.993. The van der Waals surface area contributed by atoms with Crippen LogP contribution in [-0.4, -0.2) is 436 Å². The number of hydrogen-bond donors (Lipinski definition) is 8. The van der Waals surface area contributed by atoms with Gasteiger partial charge < -0.3 is 170 Å². The third-order valence-electron chi connectivity index (χ3n) is 12.9. The van der Waals surface area contributed by atoms with Crippen LogP contribution >= 0.6 is 0 Å². The first-order chi connectivity index (χ1) is 53.8. The molecule has 0 radical (unpaired) electrons. The highest BCUT2D eigenvalue weighted by Crippen LogP contribution is 2.02. The number of amides is 7. The van der Waals surface area contributed by atoms with Crippen molar-refractivity contribution in [2.24, 2.45) is 0 Å². The van der Waals surface area contributed by atoms with Crippen molar-refractivity contribution >= 4 is 47.9 Å². The molecule has 110 heavy (non-hydrogen) atoms. The molecule has 0 heterocycles. The zero-order valence-corrected chi connectivity index (χ0v) is 64.7. The summed E-state index contributed by atoms with van der Waals surface area (Å²) in [5, 5.41) is 27.3. The predicted octanol–water partition coefficient (Wildman–Crippen LogP) is -3.87. The van der Waals surface area contributed by atoms with Crippen LogP contribution in [0.1, 0.15) is 6.42 Å². The molecule has 0 aromatic carbocycles. The van der Waals surface area contributed by atoms with E-state index in [0.717, 1.165) is 0 Å². The molecule has 0 rings (SSSR count). The molecule has 8 N–H and O–H groups in total. The number of rotatable bonds is 86. The van der Waals surface area contributed by atoms with Crippen LogP contribution in [0.4, 0.5) is 14.4 Å². The molecule has 0 unspecified atom stereocenters. The quantitative estimate of drug-likeness (QED) is 0.0213. The van der Waals surface area contributed by atoms with Crippen molar-refractivity contribution in [2.45, 2.75) is 24.7 Å². The maximum atomic E-state index is 12.9. The molecule has 0 bridgehead atoms. The molecule has 0 spiro atoms. The van der Waals surface area contributed by atoms with E-state index in [4.69, 9.17) is 133 Å². The third-order valence-corrected chi connectivity index (χ3v) is 12.9.